The number of hydrogen-bond donors (Lipinski definition) is 2. The molecule has 0 spiro atoms. The highest BCUT2D eigenvalue weighted by atomic mass is 35.5. The Bertz CT molecular complexity index is 1620. The van der Waals surface area contributed by atoms with Crippen LogP contribution in [-0.4, -0.2) is 42.9 Å². The molecule has 220 valence electrons. The number of amides is 1. The van der Waals surface area contributed by atoms with Crippen LogP contribution in [0.15, 0.2) is 77.7 Å². The van der Waals surface area contributed by atoms with Crippen molar-refractivity contribution >= 4 is 45.1 Å². The van der Waals surface area contributed by atoms with Crippen LogP contribution in [0.2, 0.25) is 10.0 Å². The molecular formula is C31H31Cl2N3O5S. The third-order valence-electron chi connectivity index (χ3n) is 7.78. The van der Waals surface area contributed by atoms with E-state index in [1.807, 2.05) is 43.3 Å². The molecule has 1 amide bonds. The van der Waals surface area contributed by atoms with Crippen LogP contribution in [0.5, 0.6) is 0 Å². The molecule has 0 bridgehead atoms. The van der Waals surface area contributed by atoms with Crippen LogP contribution < -0.4 is 4.72 Å². The number of benzene rings is 3. The Morgan fingerprint density at radius 2 is 1.79 bits per heavy atom. The third kappa shape index (κ3) is 6.79. The molecule has 3 aromatic rings. The van der Waals surface area contributed by atoms with Gasteiger partial charge in [0.25, 0.3) is 0 Å². The Morgan fingerprint density at radius 3 is 2.40 bits per heavy atom. The van der Waals surface area contributed by atoms with Crippen molar-refractivity contribution < 1.29 is 23.1 Å². The fourth-order valence-electron chi connectivity index (χ4n) is 5.74. The smallest absolute Gasteiger partial charge is 0.304 e. The van der Waals surface area contributed by atoms with Gasteiger partial charge in [-0.3, -0.25) is 9.59 Å². The molecule has 8 nitrogen and oxygen atoms in total. The minimum Gasteiger partial charge on any atom is -0.481 e. The number of aliphatic carboxylic acids is 1. The molecule has 1 fully saturated rings. The lowest BCUT2D eigenvalue weighted by Gasteiger charge is -2.52. The lowest BCUT2D eigenvalue weighted by Crippen LogP contribution is -2.58. The molecule has 0 radical (unpaired) electrons. The van der Waals surface area contributed by atoms with E-state index in [-0.39, 0.29) is 35.2 Å². The minimum absolute atomic E-state index is 0.0665. The monoisotopic (exact) mass is 627 g/mol. The fourth-order valence-corrected chi connectivity index (χ4v) is 7.19. The molecule has 4 atom stereocenters. The van der Waals surface area contributed by atoms with Gasteiger partial charge in [0.1, 0.15) is 0 Å². The van der Waals surface area contributed by atoms with E-state index in [0.717, 1.165) is 11.1 Å². The van der Waals surface area contributed by atoms with E-state index in [9.17, 15) is 28.4 Å². The molecule has 1 heterocycles. The quantitative estimate of drug-likeness (QED) is 0.277. The second kappa shape index (κ2) is 12.8. The van der Waals surface area contributed by atoms with Crippen molar-refractivity contribution in [3.63, 3.8) is 0 Å². The lowest BCUT2D eigenvalue weighted by atomic mass is 9.67. The van der Waals surface area contributed by atoms with Crippen molar-refractivity contribution in [2.45, 2.75) is 56.0 Å². The number of carbonyl (C=O) groups excluding carboxylic acids is 1. The molecular weight excluding hydrogens is 597 g/mol. The molecule has 0 aliphatic carbocycles. The van der Waals surface area contributed by atoms with Crippen molar-refractivity contribution in [2.75, 3.05) is 6.54 Å². The Morgan fingerprint density at radius 1 is 1.10 bits per heavy atom. The number of nitrogens with zero attached hydrogens (tertiary/aromatic N) is 2. The van der Waals surface area contributed by atoms with E-state index in [1.165, 1.54) is 24.3 Å². The van der Waals surface area contributed by atoms with Gasteiger partial charge in [0, 0.05) is 28.5 Å². The molecule has 2 N–H and O–H groups in total. The predicted octanol–water partition coefficient (Wildman–Crippen LogP) is 6.16. The molecule has 3 aromatic carbocycles. The number of hydrogen-bond acceptors (Lipinski definition) is 5. The Hall–Kier alpha value is -3.42. The van der Waals surface area contributed by atoms with Crippen LogP contribution in [0.25, 0.3) is 0 Å². The highest BCUT2D eigenvalue weighted by Crippen LogP contribution is 2.52. The average molecular weight is 629 g/mol. The molecule has 0 unspecified atom stereocenters. The average Bonchev–Trinajstić information content (AvgIpc) is 2.95. The van der Waals surface area contributed by atoms with Gasteiger partial charge in [-0.2, -0.15) is 5.26 Å². The zero-order chi connectivity index (χ0) is 30.7. The van der Waals surface area contributed by atoms with E-state index < -0.39 is 39.9 Å². The maximum absolute atomic E-state index is 14.4. The van der Waals surface area contributed by atoms with E-state index in [2.05, 4.69) is 4.72 Å². The molecule has 4 rings (SSSR count). The van der Waals surface area contributed by atoms with E-state index in [4.69, 9.17) is 23.2 Å². The largest absolute Gasteiger partial charge is 0.481 e. The molecule has 0 saturated carbocycles. The highest BCUT2D eigenvalue weighted by molar-refractivity contribution is 7.89. The number of carbonyl (C=O) groups is 2. The number of likely N-dealkylation sites (tertiary alicyclic amines) is 1. The Labute approximate surface area is 255 Å². The van der Waals surface area contributed by atoms with Crippen LogP contribution in [-0.2, 0) is 19.6 Å². The summed E-state index contributed by atoms with van der Waals surface area (Å²) in [7, 11) is -4.03. The number of halogens is 2. The number of nitrogens with one attached hydrogen (secondary N) is 1. The van der Waals surface area contributed by atoms with Crippen LogP contribution >= 0.6 is 23.2 Å². The van der Waals surface area contributed by atoms with Crippen molar-refractivity contribution in [3.8, 4) is 6.07 Å². The summed E-state index contributed by atoms with van der Waals surface area (Å²) in [6.45, 7) is 3.37. The van der Waals surface area contributed by atoms with Crippen molar-refractivity contribution in [1.82, 2.24) is 9.62 Å². The maximum atomic E-state index is 14.4. The summed E-state index contributed by atoms with van der Waals surface area (Å²) in [6.07, 6.45) is 0.225. The van der Waals surface area contributed by atoms with E-state index in [0.29, 0.717) is 16.5 Å². The Balaban J connectivity index is 1.82. The zero-order valence-corrected chi connectivity index (χ0v) is 25.5. The van der Waals surface area contributed by atoms with Crippen molar-refractivity contribution in [2.24, 2.45) is 5.41 Å². The maximum Gasteiger partial charge on any atom is 0.304 e. The van der Waals surface area contributed by atoms with Gasteiger partial charge in [0.05, 0.1) is 34.4 Å². The first-order valence-corrected chi connectivity index (χ1v) is 15.7. The third-order valence-corrected chi connectivity index (χ3v) is 9.69. The van der Waals surface area contributed by atoms with Gasteiger partial charge in [-0.1, -0.05) is 67.4 Å². The van der Waals surface area contributed by atoms with Crippen molar-refractivity contribution in [3.05, 3.63) is 99.5 Å². The minimum atomic E-state index is -4.03. The lowest BCUT2D eigenvalue weighted by molar-refractivity contribution is -0.160. The first-order chi connectivity index (χ1) is 19.9. The SMILES string of the molecule is CC[C@@H](CNS(=O)(=O)c1cccc(C#N)c1)N1C(=O)[C@](C)(CC(=O)O)C[C@H](c2cccc(Cl)c2)[C@H]1c1ccc(Cl)cc1. The zero-order valence-electron chi connectivity index (χ0n) is 23.1. The molecule has 1 aliphatic heterocycles. The van der Waals surface area contributed by atoms with Gasteiger partial charge in [-0.05, 0) is 66.4 Å². The standard InChI is InChI=1S/C31H31Cl2N3O5S/c1-3-25(19-35-42(40,41)26-9-4-6-20(14-26)18-34)36-29(21-10-12-23(32)13-11-21)27(22-7-5-8-24(33)15-22)16-31(2,30(36)39)17-28(37)38/h4-15,25,27,29,35H,3,16-17,19H2,1-2H3,(H,37,38)/t25-,27+,29+,31-/m0/s1. The molecule has 0 aromatic heterocycles. The van der Waals surface area contributed by atoms with Gasteiger partial charge in [0.2, 0.25) is 15.9 Å². The van der Waals surface area contributed by atoms with E-state index >= 15 is 0 Å². The van der Waals surface area contributed by atoms with Gasteiger partial charge < -0.3 is 10.0 Å². The summed E-state index contributed by atoms with van der Waals surface area (Å²) in [6, 6.07) is 20.8. The topological polar surface area (TPSA) is 128 Å². The normalized spacial score (nSPS) is 21.5. The Kier molecular flexibility index (Phi) is 9.63. The summed E-state index contributed by atoms with van der Waals surface area (Å²) in [5.74, 6) is -1.84. The molecule has 1 saturated heterocycles. The van der Waals surface area contributed by atoms with Gasteiger partial charge in [-0.25, -0.2) is 13.1 Å². The van der Waals surface area contributed by atoms with Crippen LogP contribution in [0.3, 0.4) is 0 Å². The summed E-state index contributed by atoms with van der Waals surface area (Å²) in [4.78, 5) is 27.9. The first-order valence-electron chi connectivity index (χ1n) is 13.4. The number of nitriles is 1. The summed E-state index contributed by atoms with van der Waals surface area (Å²) < 4.78 is 29.1. The first kappa shape index (κ1) is 31.5. The molecule has 42 heavy (non-hydrogen) atoms. The second-order valence-electron chi connectivity index (χ2n) is 10.8. The predicted molar refractivity (Wildman–Crippen MR) is 161 cm³/mol. The number of piperidine rings is 1. The number of carboxylic acid groups (broad SMARTS) is 1. The second-order valence-corrected chi connectivity index (χ2v) is 13.4. The number of sulfonamides is 1. The summed E-state index contributed by atoms with van der Waals surface area (Å²) in [5, 5.41) is 20.0. The van der Waals surface area contributed by atoms with Gasteiger partial charge in [-0.15, -0.1) is 0 Å². The number of rotatable bonds is 10. The van der Waals surface area contributed by atoms with E-state index in [1.54, 1.807) is 30.0 Å². The van der Waals surface area contributed by atoms with Crippen molar-refractivity contribution in [1.29, 1.82) is 5.26 Å². The fraction of sp³-hybridized carbons (Fsp3) is 0.323. The van der Waals surface area contributed by atoms with Crippen LogP contribution in [0.4, 0.5) is 0 Å². The summed E-state index contributed by atoms with van der Waals surface area (Å²) in [5.41, 5.74) is 0.543. The van der Waals surface area contributed by atoms with Gasteiger partial charge >= 0.3 is 5.97 Å². The van der Waals surface area contributed by atoms with Gasteiger partial charge in [0.15, 0.2) is 0 Å². The molecule has 11 heteroatoms. The number of carboxylic acids is 1. The summed E-state index contributed by atoms with van der Waals surface area (Å²) >= 11 is 12.6. The van der Waals surface area contributed by atoms with Crippen LogP contribution in [0, 0.1) is 16.7 Å². The molecule has 1 aliphatic rings. The van der Waals surface area contributed by atoms with Crippen LogP contribution in [0.1, 0.15) is 61.8 Å². The highest BCUT2D eigenvalue weighted by Gasteiger charge is 2.52.